The summed E-state index contributed by atoms with van der Waals surface area (Å²) < 4.78 is 0. The lowest BCUT2D eigenvalue weighted by Gasteiger charge is -2.03. The molecule has 6 aromatic rings. The zero-order chi connectivity index (χ0) is 25.6. The first-order valence-electron chi connectivity index (χ1n) is 12.7. The Bertz CT molecular complexity index is 1830. The maximum absolute atomic E-state index is 9.62. The van der Waals surface area contributed by atoms with Crippen LogP contribution in [0.3, 0.4) is 0 Å². The molecule has 1 nitrogen and oxygen atoms in total. The van der Waals surface area contributed by atoms with Gasteiger partial charge in [0.1, 0.15) is 5.75 Å². The Labute approximate surface area is 226 Å². The minimum Gasteiger partial charge on any atom is -0.507 e. The molecule has 3 aliphatic carbocycles. The fourth-order valence-corrected chi connectivity index (χ4v) is 5.87. The van der Waals surface area contributed by atoms with Crippen LogP contribution in [0.4, 0.5) is 0 Å². The second-order valence-electron chi connectivity index (χ2n) is 9.64. The molecule has 1 N–H and O–H groups in total. The molecular formula is C36H23ClO. The first-order valence-corrected chi connectivity index (χ1v) is 13.1. The summed E-state index contributed by atoms with van der Waals surface area (Å²) in [6.07, 6.45) is 12.8. The molecule has 2 heteroatoms. The first kappa shape index (κ1) is 22.6. The number of benzene rings is 6. The predicted molar refractivity (Wildman–Crippen MR) is 165 cm³/mol. The Hall–Kier alpha value is -4.59. The third kappa shape index (κ3) is 3.72. The summed E-state index contributed by atoms with van der Waals surface area (Å²) in [7, 11) is 0. The summed E-state index contributed by atoms with van der Waals surface area (Å²) >= 11 is 6.10. The lowest BCUT2D eigenvalue weighted by Crippen LogP contribution is -1.78. The van der Waals surface area contributed by atoms with E-state index < -0.39 is 0 Å². The number of aromatic hydroxyl groups is 1. The molecule has 38 heavy (non-hydrogen) atoms. The summed E-state index contributed by atoms with van der Waals surface area (Å²) in [5.74, 6) is 0.365. The second kappa shape index (κ2) is 9.06. The average molecular weight is 507 g/mol. The first-order chi connectivity index (χ1) is 18.7. The normalized spacial score (nSPS) is 12.7. The fraction of sp³-hybridized carbons (Fsp3) is 0. The van der Waals surface area contributed by atoms with Crippen LogP contribution in [-0.4, -0.2) is 5.11 Å². The summed E-state index contributed by atoms with van der Waals surface area (Å²) in [6.45, 7) is 0. The fourth-order valence-electron chi connectivity index (χ4n) is 5.65. The second-order valence-corrected chi connectivity index (χ2v) is 10.0. The molecule has 0 spiro atoms. The number of phenols is 1. The molecule has 0 radical (unpaired) electrons. The van der Waals surface area contributed by atoms with Crippen LogP contribution in [0.5, 0.6) is 5.75 Å². The van der Waals surface area contributed by atoms with Crippen LogP contribution >= 0.6 is 11.6 Å². The molecule has 3 aliphatic rings. The molecule has 0 bridgehead atoms. The monoisotopic (exact) mass is 506 g/mol. The molecule has 6 aromatic carbocycles. The van der Waals surface area contributed by atoms with Crippen LogP contribution in [0.15, 0.2) is 97.1 Å². The van der Waals surface area contributed by atoms with Gasteiger partial charge in [0.15, 0.2) is 0 Å². The van der Waals surface area contributed by atoms with Gasteiger partial charge >= 0.3 is 0 Å². The van der Waals surface area contributed by atoms with Crippen molar-refractivity contribution in [1.29, 1.82) is 0 Å². The van der Waals surface area contributed by atoms with Crippen molar-refractivity contribution in [2.24, 2.45) is 0 Å². The van der Waals surface area contributed by atoms with Gasteiger partial charge in [0.25, 0.3) is 0 Å². The SMILES string of the molecule is C1=Cc2cccc3cccc1c23.Clc1ccc2c3c(cccc13)C=C2.Oc1ccc2c3c(cccc13)C=C2. The van der Waals surface area contributed by atoms with E-state index in [1.807, 2.05) is 30.3 Å². The van der Waals surface area contributed by atoms with Crippen molar-refractivity contribution in [2.45, 2.75) is 0 Å². The van der Waals surface area contributed by atoms with Crippen LogP contribution in [0, 0.1) is 0 Å². The van der Waals surface area contributed by atoms with E-state index in [0.29, 0.717) is 5.75 Å². The Balaban J connectivity index is 0.0000000956. The van der Waals surface area contributed by atoms with E-state index in [1.54, 1.807) is 6.07 Å². The van der Waals surface area contributed by atoms with Gasteiger partial charge < -0.3 is 5.11 Å². The largest absolute Gasteiger partial charge is 0.507 e. The Morgan fingerprint density at radius 1 is 0.395 bits per heavy atom. The molecule has 0 saturated carbocycles. The van der Waals surface area contributed by atoms with E-state index in [1.165, 1.54) is 54.9 Å². The van der Waals surface area contributed by atoms with Crippen molar-refractivity contribution in [3.63, 3.8) is 0 Å². The molecule has 180 valence electrons. The highest BCUT2D eigenvalue weighted by Gasteiger charge is 2.11. The molecule has 0 aliphatic heterocycles. The molecule has 0 fully saturated rings. The Kier molecular flexibility index (Phi) is 5.39. The van der Waals surface area contributed by atoms with E-state index in [0.717, 1.165) is 15.8 Å². The zero-order valence-corrected chi connectivity index (χ0v) is 21.3. The summed E-state index contributed by atoms with van der Waals surface area (Å²) in [6, 6.07) is 32.8. The highest BCUT2D eigenvalue weighted by Crippen LogP contribution is 2.36. The number of hydrogen-bond acceptors (Lipinski definition) is 1. The van der Waals surface area contributed by atoms with Gasteiger partial charge in [0.05, 0.1) is 0 Å². The highest BCUT2D eigenvalue weighted by molar-refractivity contribution is 6.36. The summed E-state index contributed by atoms with van der Waals surface area (Å²) in [5.41, 5.74) is 7.64. The van der Waals surface area contributed by atoms with E-state index >= 15 is 0 Å². The molecule has 0 atom stereocenters. The number of phenolic OH excluding ortho intramolecular Hbond substituents is 1. The molecule has 0 amide bonds. The van der Waals surface area contributed by atoms with Crippen LogP contribution in [-0.2, 0) is 0 Å². The van der Waals surface area contributed by atoms with E-state index in [-0.39, 0.29) is 0 Å². The number of rotatable bonds is 0. The number of hydrogen-bond donors (Lipinski definition) is 1. The van der Waals surface area contributed by atoms with Crippen molar-refractivity contribution < 1.29 is 5.11 Å². The third-order valence-corrected chi connectivity index (χ3v) is 7.76. The van der Waals surface area contributed by atoms with Crippen molar-refractivity contribution in [3.8, 4) is 5.75 Å². The van der Waals surface area contributed by atoms with Crippen LogP contribution in [0.25, 0.3) is 68.8 Å². The van der Waals surface area contributed by atoms with Gasteiger partial charge in [-0.25, -0.2) is 0 Å². The molecule has 0 aromatic heterocycles. The zero-order valence-electron chi connectivity index (χ0n) is 20.5. The molecular weight excluding hydrogens is 484 g/mol. The quantitative estimate of drug-likeness (QED) is 0.217. The van der Waals surface area contributed by atoms with Gasteiger partial charge in [-0.2, -0.15) is 0 Å². The maximum atomic E-state index is 9.62. The van der Waals surface area contributed by atoms with Crippen LogP contribution in [0.2, 0.25) is 5.02 Å². The van der Waals surface area contributed by atoms with Crippen molar-refractivity contribution >= 4 is 80.4 Å². The predicted octanol–water partition coefficient (Wildman–Crippen LogP) is 10.3. The summed E-state index contributed by atoms with van der Waals surface area (Å²) in [4.78, 5) is 0. The van der Waals surface area contributed by atoms with Crippen molar-refractivity contribution in [1.82, 2.24) is 0 Å². The van der Waals surface area contributed by atoms with Gasteiger partial charge in [-0.3, -0.25) is 0 Å². The standard InChI is InChI=1S/C12H7Cl.C12H8O.C12H8/c2*13-11-7-6-9-5-4-8-2-1-3-10(11)12(8)9;1-3-9-4-2-6-11-8-7-10(5-1)12(9)11/h1-7H;1-7,13H;1-8H. The van der Waals surface area contributed by atoms with Crippen LogP contribution in [0.1, 0.15) is 33.4 Å². The van der Waals surface area contributed by atoms with Crippen molar-refractivity contribution in [3.05, 3.63) is 135 Å². The van der Waals surface area contributed by atoms with Crippen LogP contribution < -0.4 is 0 Å². The smallest absolute Gasteiger partial charge is 0.123 e. The molecule has 0 heterocycles. The molecule has 9 rings (SSSR count). The summed E-state index contributed by atoms with van der Waals surface area (Å²) in [5, 5.41) is 17.8. The maximum Gasteiger partial charge on any atom is 0.123 e. The van der Waals surface area contributed by atoms with E-state index in [2.05, 4.69) is 97.1 Å². The lowest BCUT2D eigenvalue weighted by molar-refractivity contribution is 0.481. The van der Waals surface area contributed by atoms with Gasteiger partial charge in [-0.05, 0) is 67.1 Å². The minimum atomic E-state index is 0.365. The highest BCUT2D eigenvalue weighted by atomic mass is 35.5. The minimum absolute atomic E-state index is 0.365. The topological polar surface area (TPSA) is 20.2 Å². The molecule has 0 saturated heterocycles. The van der Waals surface area contributed by atoms with Gasteiger partial charge in [0.2, 0.25) is 0 Å². The average Bonchev–Trinajstić information content (AvgIpc) is 3.69. The van der Waals surface area contributed by atoms with Gasteiger partial charge in [0, 0.05) is 15.8 Å². The Morgan fingerprint density at radius 2 is 0.816 bits per heavy atom. The lowest BCUT2D eigenvalue weighted by atomic mass is 10.0. The van der Waals surface area contributed by atoms with Gasteiger partial charge in [-0.15, -0.1) is 0 Å². The third-order valence-electron chi connectivity index (χ3n) is 7.43. The number of halogens is 1. The Morgan fingerprint density at radius 3 is 1.39 bits per heavy atom. The van der Waals surface area contributed by atoms with Gasteiger partial charge in [-0.1, -0.05) is 133 Å². The van der Waals surface area contributed by atoms with Crippen molar-refractivity contribution in [2.75, 3.05) is 0 Å². The van der Waals surface area contributed by atoms with E-state index in [4.69, 9.17) is 11.6 Å². The molecule has 0 unspecified atom stereocenters. The van der Waals surface area contributed by atoms with E-state index in [9.17, 15) is 5.11 Å².